The van der Waals surface area contributed by atoms with Crippen molar-refractivity contribution in [2.45, 2.75) is 48.8 Å². The molecule has 4 aliphatic heterocycles. The first kappa shape index (κ1) is 17.4. The minimum atomic E-state index is -1.06. The van der Waals surface area contributed by atoms with Gasteiger partial charge in [0.15, 0.2) is 11.5 Å². The number of hydrogen-bond donors (Lipinski definition) is 2. The molecule has 8 heteroatoms. The topological polar surface area (TPSA) is 97.3 Å². The zero-order valence-electron chi connectivity index (χ0n) is 16.8. The van der Waals surface area contributed by atoms with Gasteiger partial charge in [-0.1, -0.05) is 6.07 Å². The van der Waals surface area contributed by atoms with Crippen LogP contribution < -0.4 is 14.8 Å². The van der Waals surface area contributed by atoms with Crippen LogP contribution in [0.4, 0.5) is 5.69 Å². The van der Waals surface area contributed by atoms with Crippen LogP contribution in [0.3, 0.4) is 0 Å². The molecular weight excluding hydrogens is 388 g/mol. The predicted octanol–water partition coefficient (Wildman–Crippen LogP) is 0.808. The molecule has 4 heterocycles. The largest absolute Gasteiger partial charge is 0.467 e. The van der Waals surface area contributed by atoms with Crippen molar-refractivity contribution in [1.29, 1.82) is 0 Å². The molecule has 6 atom stereocenters. The smallest absolute Gasteiger partial charge is 0.332 e. The van der Waals surface area contributed by atoms with Crippen molar-refractivity contribution in [3.05, 3.63) is 17.7 Å². The standard InChI is InChI=1S/C22H24N2O6/c1-28-19(27)21-6-5-20-8-13(25)12-9-24(7-4-15(20)26)18(20)22(12,21)11-2-3-14-17(16(11)23-21)30-10-29-14/h2-3,12,15,18,23,26H,4-10H2,1H3/t12?,15-,18+,20+,21+,22+/m0/s1. The fraction of sp³-hybridized carbons (Fsp3) is 0.636. The fourth-order valence-electron chi connectivity index (χ4n) is 8.21. The molecule has 8 nitrogen and oxygen atoms in total. The molecule has 0 aromatic heterocycles. The first-order valence-electron chi connectivity index (χ1n) is 10.7. The van der Waals surface area contributed by atoms with Crippen molar-refractivity contribution in [2.24, 2.45) is 11.3 Å². The zero-order chi connectivity index (χ0) is 20.5. The number of anilines is 1. The van der Waals surface area contributed by atoms with E-state index in [1.807, 2.05) is 12.1 Å². The Labute approximate surface area is 173 Å². The summed E-state index contributed by atoms with van der Waals surface area (Å²) in [5, 5.41) is 14.7. The Bertz CT molecular complexity index is 1030. The third-order valence-electron chi connectivity index (χ3n) is 9.08. The van der Waals surface area contributed by atoms with Crippen LogP contribution in [0.5, 0.6) is 11.5 Å². The highest BCUT2D eigenvalue weighted by molar-refractivity contribution is 5.99. The zero-order valence-corrected chi connectivity index (χ0v) is 16.8. The van der Waals surface area contributed by atoms with Gasteiger partial charge in [-0.25, -0.2) is 4.79 Å². The normalized spacial score (nSPS) is 44.3. The van der Waals surface area contributed by atoms with Gasteiger partial charge in [0.1, 0.15) is 11.3 Å². The number of carbonyl (C=O) groups is 2. The number of nitrogens with one attached hydrogen (secondary N) is 1. The Kier molecular flexibility index (Phi) is 2.96. The van der Waals surface area contributed by atoms with Gasteiger partial charge < -0.3 is 24.6 Å². The summed E-state index contributed by atoms with van der Waals surface area (Å²) in [6, 6.07) is 3.78. The summed E-state index contributed by atoms with van der Waals surface area (Å²) >= 11 is 0. The Hall–Kier alpha value is -2.32. The third-order valence-corrected chi connectivity index (χ3v) is 9.08. The Morgan fingerprint density at radius 3 is 3.03 bits per heavy atom. The quantitative estimate of drug-likeness (QED) is 0.654. The number of piperidine rings is 1. The minimum Gasteiger partial charge on any atom is -0.467 e. The van der Waals surface area contributed by atoms with E-state index in [9.17, 15) is 14.7 Å². The molecule has 6 aliphatic rings. The van der Waals surface area contributed by atoms with Gasteiger partial charge in [0.2, 0.25) is 6.79 Å². The number of aliphatic hydroxyl groups is 1. The molecule has 30 heavy (non-hydrogen) atoms. The number of aliphatic hydroxyl groups excluding tert-OH is 1. The number of methoxy groups -OCH3 is 1. The monoisotopic (exact) mass is 412 g/mol. The highest BCUT2D eigenvalue weighted by Gasteiger charge is 2.83. The van der Waals surface area contributed by atoms with E-state index in [-0.39, 0.29) is 30.5 Å². The van der Waals surface area contributed by atoms with Gasteiger partial charge in [0, 0.05) is 36.9 Å². The molecule has 7 rings (SSSR count). The van der Waals surface area contributed by atoms with E-state index >= 15 is 0 Å². The second-order valence-electron chi connectivity index (χ2n) is 9.74. The molecule has 2 saturated heterocycles. The van der Waals surface area contributed by atoms with E-state index in [1.165, 1.54) is 7.11 Å². The minimum absolute atomic E-state index is 0.0987. The first-order valence-corrected chi connectivity index (χ1v) is 10.7. The molecule has 0 amide bonds. The van der Waals surface area contributed by atoms with Gasteiger partial charge in [-0.3, -0.25) is 9.69 Å². The van der Waals surface area contributed by atoms with E-state index in [1.54, 1.807) is 0 Å². The van der Waals surface area contributed by atoms with Crippen LogP contribution in [0.25, 0.3) is 0 Å². The van der Waals surface area contributed by atoms with Crippen molar-refractivity contribution < 1.29 is 28.9 Å². The number of fused-ring (bicyclic) bond motifs is 3. The van der Waals surface area contributed by atoms with Crippen LogP contribution in [0.1, 0.15) is 31.2 Å². The Balaban J connectivity index is 1.58. The Morgan fingerprint density at radius 2 is 2.20 bits per heavy atom. The lowest BCUT2D eigenvalue weighted by Crippen LogP contribution is -2.78. The molecule has 1 spiro atoms. The fourth-order valence-corrected chi connectivity index (χ4v) is 8.21. The van der Waals surface area contributed by atoms with E-state index in [2.05, 4.69) is 10.2 Å². The summed E-state index contributed by atoms with van der Waals surface area (Å²) in [5.74, 6) is 0.721. The van der Waals surface area contributed by atoms with Gasteiger partial charge in [0.25, 0.3) is 0 Å². The second kappa shape index (κ2) is 5.11. The van der Waals surface area contributed by atoms with E-state index in [0.29, 0.717) is 43.7 Å². The van der Waals surface area contributed by atoms with Crippen LogP contribution in [-0.2, 0) is 19.7 Å². The molecule has 2 N–H and O–H groups in total. The molecule has 4 bridgehead atoms. The molecular formula is C22H24N2O6. The maximum Gasteiger partial charge on any atom is 0.332 e. The number of nitrogens with zero attached hydrogens (tertiary/aromatic N) is 1. The number of esters is 1. The molecule has 1 aromatic carbocycles. The van der Waals surface area contributed by atoms with Crippen LogP contribution in [0.15, 0.2) is 12.1 Å². The van der Waals surface area contributed by atoms with E-state index in [4.69, 9.17) is 14.2 Å². The lowest BCUT2D eigenvalue weighted by Gasteiger charge is -2.65. The summed E-state index contributed by atoms with van der Waals surface area (Å²) in [7, 11) is 1.41. The lowest BCUT2D eigenvalue weighted by molar-refractivity contribution is -0.178. The number of ketones is 1. The summed E-state index contributed by atoms with van der Waals surface area (Å²) in [6.07, 6.45) is 1.62. The third kappa shape index (κ3) is 1.51. The van der Waals surface area contributed by atoms with Crippen molar-refractivity contribution in [3.8, 4) is 11.5 Å². The number of carbonyl (C=O) groups excluding carboxylic acids is 2. The molecule has 4 fully saturated rings. The molecule has 1 unspecified atom stereocenters. The maximum atomic E-state index is 13.6. The van der Waals surface area contributed by atoms with Gasteiger partial charge >= 0.3 is 5.97 Å². The van der Waals surface area contributed by atoms with Crippen molar-refractivity contribution in [3.63, 3.8) is 0 Å². The molecule has 0 radical (unpaired) electrons. The number of ether oxygens (including phenoxy) is 3. The number of benzene rings is 1. The Morgan fingerprint density at radius 1 is 1.33 bits per heavy atom. The van der Waals surface area contributed by atoms with Crippen LogP contribution in [-0.4, -0.2) is 66.4 Å². The second-order valence-corrected chi connectivity index (χ2v) is 9.74. The first-order chi connectivity index (χ1) is 14.5. The van der Waals surface area contributed by atoms with Crippen molar-refractivity contribution >= 4 is 17.4 Å². The van der Waals surface area contributed by atoms with Gasteiger partial charge in [-0.05, 0) is 30.9 Å². The van der Waals surface area contributed by atoms with E-state index < -0.39 is 22.5 Å². The maximum absolute atomic E-state index is 13.6. The average Bonchev–Trinajstić information content (AvgIpc) is 3.41. The van der Waals surface area contributed by atoms with Crippen LogP contribution in [0.2, 0.25) is 0 Å². The summed E-state index contributed by atoms with van der Waals surface area (Å²) in [4.78, 5) is 29.5. The predicted molar refractivity (Wildman–Crippen MR) is 103 cm³/mol. The number of Topliss-reactive ketones (excluding diaryl/α,β-unsaturated/α-hetero) is 1. The summed E-state index contributed by atoms with van der Waals surface area (Å²) in [5.41, 5.74) is -0.703. The SMILES string of the molecule is COC(=O)[C@]12CC[C@@]34CC(=O)C5CN(CC[C@@H]3O)[C@H]4[C@@]51c1ccc3c(c1N2)OCO3. The molecule has 2 saturated carbocycles. The van der Waals surface area contributed by atoms with Crippen LogP contribution in [0, 0.1) is 11.3 Å². The van der Waals surface area contributed by atoms with Gasteiger partial charge in [-0.15, -0.1) is 0 Å². The molecule has 1 aromatic rings. The average molecular weight is 412 g/mol. The number of rotatable bonds is 1. The molecule has 2 aliphatic carbocycles. The van der Waals surface area contributed by atoms with Crippen molar-refractivity contribution in [1.82, 2.24) is 4.90 Å². The van der Waals surface area contributed by atoms with E-state index in [0.717, 1.165) is 17.8 Å². The summed E-state index contributed by atoms with van der Waals surface area (Å²) < 4.78 is 16.7. The van der Waals surface area contributed by atoms with Crippen molar-refractivity contribution in [2.75, 3.05) is 32.3 Å². The summed E-state index contributed by atoms with van der Waals surface area (Å²) in [6.45, 7) is 1.48. The number of hydrogen-bond acceptors (Lipinski definition) is 8. The lowest BCUT2D eigenvalue weighted by atomic mass is 9.41. The van der Waals surface area contributed by atoms with Gasteiger partial charge in [-0.2, -0.15) is 0 Å². The molecule has 158 valence electrons. The van der Waals surface area contributed by atoms with Crippen LogP contribution >= 0.6 is 0 Å². The highest BCUT2D eigenvalue weighted by Crippen LogP contribution is 2.73. The van der Waals surface area contributed by atoms with Gasteiger partial charge in [0.05, 0.1) is 24.3 Å². The highest BCUT2D eigenvalue weighted by atomic mass is 16.7.